The molecule has 1 N–H and O–H groups in total. The smallest absolute Gasteiger partial charge is 0.384 e. The second-order valence-electron chi connectivity index (χ2n) is 3.37. The number of aliphatic hydroxyl groups excluding tert-OH is 1. The van der Waals surface area contributed by atoms with Crippen LogP contribution in [0.5, 0.6) is 0 Å². The average molecular weight is 252 g/mol. The number of rotatable bonds is 3. The van der Waals surface area contributed by atoms with Gasteiger partial charge in [-0.05, 0) is 5.56 Å². The van der Waals surface area contributed by atoms with Gasteiger partial charge in [-0.3, -0.25) is 0 Å². The van der Waals surface area contributed by atoms with Gasteiger partial charge in [-0.25, -0.2) is 0 Å². The van der Waals surface area contributed by atoms with Crippen LogP contribution >= 0.6 is 0 Å². The first kappa shape index (κ1) is 13.6. The Hall–Kier alpha value is -1.43. The van der Waals surface area contributed by atoms with Gasteiger partial charge in [0.25, 0.3) is 0 Å². The molecule has 0 saturated heterocycles. The van der Waals surface area contributed by atoms with Crippen molar-refractivity contribution in [1.29, 1.82) is 0 Å². The topological polar surface area (TPSA) is 20.2 Å². The predicted molar refractivity (Wildman–Crippen MR) is 51.5 cm³/mol. The Bertz CT molecular complexity index is 393. The normalized spacial score (nSPS) is 14.5. The molecule has 1 aromatic rings. The van der Waals surface area contributed by atoms with E-state index in [-0.39, 0.29) is 5.56 Å². The molecule has 0 saturated carbocycles. The van der Waals surface area contributed by atoms with E-state index in [1.165, 1.54) is 0 Å². The lowest BCUT2D eigenvalue weighted by Gasteiger charge is -2.20. The molecule has 0 aliphatic heterocycles. The highest BCUT2D eigenvalue weighted by molar-refractivity contribution is 5.29. The van der Waals surface area contributed by atoms with Crippen molar-refractivity contribution in [3.63, 3.8) is 0 Å². The summed E-state index contributed by atoms with van der Waals surface area (Å²) < 4.78 is 61.8. The average Bonchev–Trinajstić information content (AvgIpc) is 2.26. The van der Waals surface area contributed by atoms with Crippen molar-refractivity contribution in [3.05, 3.63) is 48.0 Å². The van der Waals surface area contributed by atoms with Crippen molar-refractivity contribution < 1.29 is 27.1 Å². The van der Waals surface area contributed by atoms with Crippen molar-refractivity contribution in [2.45, 2.75) is 18.2 Å². The molecule has 94 valence electrons. The number of hydrogen-bond donors (Lipinski definition) is 1. The van der Waals surface area contributed by atoms with Gasteiger partial charge in [0.15, 0.2) is 0 Å². The fraction of sp³-hybridized carbons (Fsp3) is 0.273. The molecule has 0 heterocycles. The zero-order valence-electron chi connectivity index (χ0n) is 8.51. The number of alkyl halides is 5. The first-order chi connectivity index (χ1) is 7.70. The fourth-order valence-electron chi connectivity index (χ4n) is 1.19. The van der Waals surface area contributed by atoms with Gasteiger partial charge in [-0.15, -0.1) is 6.58 Å². The summed E-state index contributed by atoms with van der Waals surface area (Å²) in [5.74, 6) is -4.90. The maximum atomic E-state index is 12.9. The molecule has 0 fully saturated rings. The Labute approximate surface area is 94.2 Å². The lowest BCUT2D eigenvalue weighted by atomic mass is 10.0. The minimum absolute atomic E-state index is 0.196. The van der Waals surface area contributed by atoms with Crippen molar-refractivity contribution in [2.75, 3.05) is 0 Å². The summed E-state index contributed by atoms with van der Waals surface area (Å²) in [6.07, 6.45) is -5.59. The third-order valence-corrected chi connectivity index (χ3v) is 2.19. The molecule has 1 atom stereocenters. The molecule has 0 radical (unpaired) electrons. The van der Waals surface area contributed by atoms with Crippen molar-refractivity contribution in [3.8, 4) is 0 Å². The molecule has 6 heteroatoms. The van der Waals surface area contributed by atoms with Gasteiger partial charge in [-0.1, -0.05) is 30.3 Å². The van der Waals surface area contributed by atoms with Gasteiger partial charge in [-0.2, -0.15) is 22.0 Å². The molecule has 1 rings (SSSR count). The maximum Gasteiger partial charge on any atom is 0.458 e. The summed E-state index contributed by atoms with van der Waals surface area (Å²) >= 11 is 0. The number of hydrogen-bond acceptors (Lipinski definition) is 1. The molecule has 0 aliphatic carbocycles. The molecule has 1 nitrogen and oxygen atoms in total. The third-order valence-electron chi connectivity index (χ3n) is 2.19. The van der Waals surface area contributed by atoms with Crippen LogP contribution in [-0.2, 0) is 5.92 Å². The highest BCUT2D eigenvalue weighted by Gasteiger charge is 2.58. The Morgan fingerprint density at radius 3 is 1.88 bits per heavy atom. The van der Waals surface area contributed by atoms with Crippen molar-refractivity contribution in [2.24, 2.45) is 0 Å². The monoisotopic (exact) mass is 252 g/mol. The van der Waals surface area contributed by atoms with Crippen LogP contribution in [0.2, 0.25) is 0 Å². The van der Waals surface area contributed by atoms with Gasteiger partial charge in [0.05, 0.1) is 6.10 Å². The van der Waals surface area contributed by atoms with E-state index in [0.29, 0.717) is 12.1 Å². The molecule has 0 bridgehead atoms. The summed E-state index contributed by atoms with van der Waals surface area (Å²) in [6, 6.07) is 3.27. The van der Waals surface area contributed by atoms with Crippen LogP contribution in [0.25, 0.3) is 0 Å². The molecule has 1 aromatic carbocycles. The molecule has 0 aliphatic rings. The van der Waals surface area contributed by atoms with Crippen LogP contribution in [0.4, 0.5) is 22.0 Å². The highest BCUT2D eigenvalue weighted by Crippen LogP contribution is 2.43. The first-order valence-electron chi connectivity index (χ1n) is 4.55. The number of halogens is 5. The number of benzene rings is 1. The zero-order chi connectivity index (χ0) is 13.3. The largest absolute Gasteiger partial charge is 0.458 e. The summed E-state index contributed by atoms with van der Waals surface area (Å²) in [7, 11) is 0. The van der Waals surface area contributed by atoms with Gasteiger partial charge in [0.1, 0.15) is 0 Å². The molecule has 0 spiro atoms. The Morgan fingerprint density at radius 1 is 1.06 bits per heavy atom. The quantitative estimate of drug-likeness (QED) is 0.644. The zero-order valence-corrected chi connectivity index (χ0v) is 8.51. The Morgan fingerprint density at radius 2 is 1.53 bits per heavy atom. The number of aliphatic hydroxyl groups is 1. The highest BCUT2D eigenvalue weighted by atomic mass is 19.4. The van der Waals surface area contributed by atoms with Gasteiger partial charge < -0.3 is 5.11 Å². The second-order valence-corrected chi connectivity index (χ2v) is 3.37. The maximum absolute atomic E-state index is 12.9. The summed E-state index contributed by atoms with van der Waals surface area (Å²) in [5.41, 5.74) is -0.966. The lowest BCUT2D eigenvalue weighted by molar-refractivity contribution is -0.289. The van der Waals surface area contributed by atoms with E-state index >= 15 is 0 Å². The van der Waals surface area contributed by atoms with Crippen LogP contribution in [-0.4, -0.2) is 11.3 Å². The molecule has 17 heavy (non-hydrogen) atoms. The van der Waals surface area contributed by atoms with Crippen LogP contribution in [0.3, 0.4) is 0 Å². The van der Waals surface area contributed by atoms with Crippen molar-refractivity contribution in [1.82, 2.24) is 0 Å². The second kappa shape index (κ2) is 4.44. The van der Waals surface area contributed by atoms with E-state index in [1.54, 1.807) is 0 Å². The van der Waals surface area contributed by atoms with E-state index in [9.17, 15) is 27.1 Å². The van der Waals surface area contributed by atoms with Gasteiger partial charge >= 0.3 is 12.1 Å². The van der Waals surface area contributed by atoms with Crippen LogP contribution < -0.4 is 0 Å². The fourth-order valence-corrected chi connectivity index (χ4v) is 1.19. The van der Waals surface area contributed by atoms with Crippen molar-refractivity contribution >= 4 is 0 Å². The van der Waals surface area contributed by atoms with Gasteiger partial charge in [0, 0.05) is 5.56 Å². The van der Waals surface area contributed by atoms with Crippen LogP contribution in [0.1, 0.15) is 17.2 Å². The molecular formula is C11H9F5O. The van der Waals surface area contributed by atoms with E-state index in [4.69, 9.17) is 0 Å². The van der Waals surface area contributed by atoms with Crippen LogP contribution in [0, 0.1) is 0 Å². The van der Waals surface area contributed by atoms with E-state index < -0.39 is 23.8 Å². The molecule has 0 amide bonds. The minimum atomic E-state index is -5.63. The molecular weight excluding hydrogens is 243 g/mol. The van der Waals surface area contributed by atoms with E-state index in [0.717, 1.165) is 18.2 Å². The molecule has 0 aromatic heterocycles. The summed E-state index contributed by atoms with van der Waals surface area (Å²) in [4.78, 5) is 0. The molecule has 1 unspecified atom stereocenters. The Balaban J connectivity index is 3.07. The minimum Gasteiger partial charge on any atom is -0.384 e. The standard InChI is InChI=1S/C11H9F5O/c1-2-9(17)7-3-5-8(6-4-7)10(12,13)11(14,15)16/h2-6,9,17H,1H2. The third kappa shape index (κ3) is 2.63. The Kier molecular flexibility index (Phi) is 3.56. The van der Waals surface area contributed by atoms with Crippen LogP contribution in [0.15, 0.2) is 36.9 Å². The predicted octanol–water partition coefficient (Wildman–Crippen LogP) is 3.56. The lowest BCUT2D eigenvalue weighted by Crippen LogP contribution is -2.33. The van der Waals surface area contributed by atoms with Gasteiger partial charge in [0.2, 0.25) is 0 Å². The summed E-state index contributed by atoms with van der Waals surface area (Å²) in [5, 5.41) is 9.26. The SMILES string of the molecule is C=CC(O)c1ccc(C(F)(F)C(F)(F)F)cc1. The first-order valence-corrected chi connectivity index (χ1v) is 4.55. The van der Waals surface area contributed by atoms with E-state index in [1.807, 2.05) is 0 Å². The van der Waals surface area contributed by atoms with E-state index in [2.05, 4.69) is 6.58 Å². The summed E-state index contributed by atoms with van der Waals surface area (Å²) in [6.45, 7) is 3.27.